The van der Waals surface area contributed by atoms with Crippen LogP contribution in [0.25, 0.3) is 10.8 Å². The van der Waals surface area contributed by atoms with Crippen molar-refractivity contribution in [2.45, 2.75) is 13.3 Å². The zero-order chi connectivity index (χ0) is 19.2. The smallest absolute Gasteiger partial charge is 0.271 e. The van der Waals surface area contributed by atoms with Crippen LogP contribution in [0.3, 0.4) is 0 Å². The number of hydrazone groups is 1. The molecule has 2 amide bonds. The van der Waals surface area contributed by atoms with Gasteiger partial charge in [-0.2, -0.15) is 5.10 Å². The fraction of sp³-hybridized carbons (Fsp3) is 0.0952. The first kappa shape index (κ1) is 18.3. The van der Waals surface area contributed by atoms with Gasteiger partial charge in [0.25, 0.3) is 5.91 Å². The number of nitrogens with zero attached hydrogens (tertiary/aromatic N) is 1. The highest BCUT2D eigenvalue weighted by molar-refractivity contribution is 6.08. The van der Waals surface area contributed by atoms with Crippen molar-refractivity contribution >= 4 is 34.0 Å². The van der Waals surface area contributed by atoms with Gasteiger partial charge < -0.3 is 5.32 Å². The molecule has 3 rings (SSSR count). The van der Waals surface area contributed by atoms with Crippen LogP contribution in [0.5, 0.6) is 0 Å². The van der Waals surface area contributed by atoms with Crippen molar-refractivity contribution in [3.05, 3.63) is 78.1 Å². The summed E-state index contributed by atoms with van der Waals surface area (Å²) in [5.41, 5.74) is 3.94. The standard InChI is InChI=1S/C21H18FN3O2/c1-14(13-20(26)23-17-11-9-16(22)10-12-17)24-25-21(27)19-8-4-6-15-5-2-3-7-18(15)19/h2-12H,13H2,1H3,(H,23,26)(H,25,27)/b24-14-. The number of halogens is 1. The first-order valence-corrected chi connectivity index (χ1v) is 8.39. The van der Waals surface area contributed by atoms with E-state index in [1.54, 1.807) is 13.0 Å². The van der Waals surface area contributed by atoms with Crippen LogP contribution in [0.15, 0.2) is 71.8 Å². The van der Waals surface area contributed by atoms with E-state index in [9.17, 15) is 14.0 Å². The molecule has 0 fully saturated rings. The number of hydrogen-bond acceptors (Lipinski definition) is 3. The minimum absolute atomic E-state index is 0.00714. The highest BCUT2D eigenvalue weighted by Gasteiger charge is 2.10. The maximum absolute atomic E-state index is 12.9. The van der Waals surface area contributed by atoms with Gasteiger partial charge in [0.2, 0.25) is 5.91 Å². The summed E-state index contributed by atoms with van der Waals surface area (Å²) >= 11 is 0. The van der Waals surface area contributed by atoms with E-state index < -0.39 is 0 Å². The largest absolute Gasteiger partial charge is 0.326 e. The monoisotopic (exact) mass is 363 g/mol. The second-order valence-corrected chi connectivity index (χ2v) is 6.05. The minimum atomic E-state index is -0.373. The van der Waals surface area contributed by atoms with Crippen molar-refractivity contribution in [1.29, 1.82) is 0 Å². The molecule has 3 aromatic rings. The lowest BCUT2D eigenvalue weighted by Crippen LogP contribution is -2.21. The lowest BCUT2D eigenvalue weighted by molar-refractivity contribution is -0.115. The van der Waals surface area contributed by atoms with Crippen LogP contribution in [-0.2, 0) is 4.79 Å². The van der Waals surface area contributed by atoms with E-state index in [0.717, 1.165) is 10.8 Å². The van der Waals surface area contributed by atoms with Crippen LogP contribution >= 0.6 is 0 Å². The number of nitrogens with one attached hydrogen (secondary N) is 2. The summed E-state index contributed by atoms with van der Waals surface area (Å²) in [7, 11) is 0. The van der Waals surface area contributed by atoms with Crippen LogP contribution in [0.4, 0.5) is 10.1 Å². The van der Waals surface area contributed by atoms with Gasteiger partial charge in [0, 0.05) is 17.0 Å². The molecule has 0 bridgehead atoms. The third-order valence-corrected chi connectivity index (χ3v) is 3.93. The van der Waals surface area contributed by atoms with E-state index >= 15 is 0 Å². The summed E-state index contributed by atoms with van der Waals surface area (Å²) in [6, 6.07) is 18.5. The van der Waals surface area contributed by atoms with Crippen LogP contribution in [0, 0.1) is 5.82 Å². The Labute approximate surface area is 155 Å². The van der Waals surface area contributed by atoms with Crippen LogP contribution in [0.1, 0.15) is 23.7 Å². The normalized spacial score (nSPS) is 11.3. The van der Waals surface area contributed by atoms with Gasteiger partial charge in [-0.05, 0) is 48.0 Å². The molecule has 0 aliphatic carbocycles. The summed E-state index contributed by atoms with van der Waals surface area (Å²) in [6.45, 7) is 1.65. The molecule has 0 unspecified atom stereocenters. The molecule has 0 atom stereocenters. The zero-order valence-electron chi connectivity index (χ0n) is 14.7. The molecular weight excluding hydrogens is 345 g/mol. The molecule has 0 aromatic heterocycles. The van der Waals surface area contributed by atoms with E-state index in [1.165, 1.54) is 24.3 Å². The van der Waals surface area contributed by atoms with E-state index in [2.05, 4.69) is 15.8 Å². The summed E-state index contributed by atoms with van der Waals surface area (Å²) in [4.78, 5) is 24.4. The fourth-order valence-corrected chi connectivity index (χ4v) is 2.64. The first-order chi connectivity index (χ1) is 13.0. The van der Waals surface area contributed by atoms with Gasteiger partial charge >= 0.3 is 0 Å². The molecule has 0 spiro atoms. The van der Waals surface area contributed by atoms with Gasteiger partial charge in [-0.1, -0.05) is 36.4 Å². The molecular formula is C21H18FN3O2. The van der Waals surface area contributed by atoms with Gasteiger partial charge in [-0.15, -0.1) is 0 Å². The van der Waals surface area contributed by atoms with Crippen molar-refractivity contribution in [3.63, 3.8) is 0 Å². The molecule has 0 aliphatic rings. The van der Waals surface area contributed by atoms with Crippen molar-refractivity contribution in [2.75, 3.05) is 5.32 Å². The number of hydrogen-bond donors (Lipinski definition) is 2. The first-order valence-electron chi connectivity index (χ1n) is 8.39. The molecule has 2 N–H and O–H groups in total. The zero-order valence-corrected chi connectivity index (χ0v) is 14.7. The van der Waals surface area contributed by atoms with Crippen molar-refractivity contribution in [2.24, 2.45) is 5.10 Å². The van der Waals surface area contributed by atoms with E-state index in [0.29, 0.717) is 17.0 Å². The number of carbonyl (C=O) groups is 2. The predicted octanol–water partition coefficient (Wildman–Crippen LogP) is 4.11. The lowest BCUT2D eigenvalue weighted by atomic mass is 10.0. The van der Waals surface area contributed by atoms with Crippen molar-refractivity contribution in [1.82, 2.24) is 5.43 Å². The molecule has 27 heavy (non-hydrogen) atoms. The Morgan fingerprint density at radius 2 is 1.67 bits per heavy atom. The molecule has 136 valence electrons. The maximum atomic E-state index is 12.9. The fourth-order valence-electron chi connectivity index (χ4n) is 2.64. The van der Waals surface area contributed by atoms with Gasteiger partial charge in [0.1, 0.15) is 5.82 Å². The lowest BCUT2D eigenvalue weighted by Gasteiger charge is -2.07. The van der Waals surface area contributed by atoms with E-state index in [1.807, 2.05) is 36.4 Å². The maximum Gasteiger partial charge on any atom is 0.271 e. The predicted molar refractivity (Wildman–Crippen MR) is 104 cm³/mol. The Kier molecular flexibility index (Phi) is 5.56. The molecule has 3 aromatic carbocycles. The Hall–Kier alpha value is -3.54. The third kappa shape index (κ3) is 4.76. The third-order valence-electron chi connectivity index (χ3n) is 3.93. The summed E-state index contributed by atoms with van der Waals surface area (Å²) < 4.78 is 12.9. The molecule has 0 saturated heterocycles. The van der Waals surface area contributed by atoms with Gasteiger partial charge in [0.15, 0.2) is 0 Å². The Bertz CT molecular complexity index is 1010. The van der Waals surface area contributed by atoms with E-state index in [4.69, 9.17) is 0 Å². The summed E-state index contributed by atoms with van der Waals surface area (Å²) in [6.07, 6.45) is 0.00714. The van der Waals surface area contributed by atoms with Crippen molar-refractivity contribution < 1.29 is 14.0 Å². The Morgan fingerprint density at radius 3 is 2.44 bits per heavy atom. The molecule has 0 radical (unpaired) electrons. The number of amides is 2. The van der Waals surface area contributed by atoms with Crippen LogP contribution < -0.4 is 10.7 Å². The van der Waals surface area contributed by atoms with Crippen LogP contribution in [-0.4, -0.2) is 17.5 Å². The molecule has 0 heterocycles. The Morgan fingerprint density at radius 1 is 0.963 bits per heavy atom. The SMILES string of the molecule is C/C(CC(=O)Nc1ccc(F)cc1)=N/NC(=O)c1cccc2ccccc12. The Balaban J connectivity index is 1.61. The quantitative estimate of drug-likeness (QED) is 0.529. The molecule has 0 aliphatic heterocycles. The second kappa shape index (κ2) is 8.23. The topological polar surface area (TPSA) is 70.6 Å². The molecule has 0 saturated carbocycles. The molecule has 5 nitrogen and oxygen atoms in total. The van der Waals surface area contributed by atoms with E-state index in [-0.39, 0.29) is 24.1 Å². The average Bonchev–Trinajstić information content (AvgIpc) is 2.67. The number of anilines is 1. The number of benzene rings is 3. The summed E-state index contributed by atoms with van der Waals surface area (Å²) in [5, 5.41) is 8.44. The van der Waals surface area contributed by atoms with Gasteiger partial charge in [-0.25, -0.2) is 9.82 Å². The minimum Gasteiger partial charge on any atom is -0.326 e. The summed E-state index contributed by atoms with van der Waals surface area (Å²) in [5.74, 6) is -1.02. The average molecular weight is 363 g/mol. The second-order valence-electron chi connectivity index (χ2n) is 6.05. The van der Waals surface area contributed by atoms with Crippen LogP contribution in [0.2, 0.25) is 0 Å². The highest BCUT2D eigenvalue weighted by Crippen LogP contribution is 2.18. The number of rotatable bonds is 5. The van der Waals surface area contributed by atoms with Crippen molar-refractivity contribution in [3.8, 4) is 0 Å². The molecule has 6 heteroatoms. The van der Waals surface area contributed by atoms with Gasteiger partial charge in [-0.3, -0.25) is 9.59 Å². The number of fused-ring (bicyclic) bond motifs is 1. The van der Waals surface area contributed by atoms with Gasteiger partial charge in [0.05, 0.1) is 6.42 Å². The highest BCUT2D eigenvalue weighted by atomic mass is 19.1. The number of carbonyl (C=O) groups excluding carboxylic acids is 2.